The van der Waals surface area contributed by atoms with E-state index in [2.05, 4.69) is 42.6 Å². The largest absolute Gasteiger partial charge is 0.493 e. The summed E-state index contributed by atoms with van der Waals surface area (Å²) in [5.41, 5.74) is 3.22. The Balaban J connectivity index is 1.93. The van der Waals surface area contributed by atoms with E-state index >= 15 is 0 Å². The first-order valence-electron chi connectivity index (χ1n) is 10.1. The van der Waals surface area contributed by atoms with Gasteiger partial charge in [0.1, 0.15) is 5.82 Å². The van der Waals surface area contributed by atoms with Gasteiger partial charge in [-0.1, -0.05) is 37.3 Å². The second-order valence-electron chi connectivity index (χ2n) is 7.52. The zero-order valence-electron chi connectivity index (χ0n) is 18.7. The standard InChI is InChI=1S/C24H31N3O3/c1-16(17-10-8-7-9-11-17)14-25-15-18-12-19-20(26-24(18)27(2)3)13-21(28-4)23(30-6)22(19)29-5/h7-13,16,25H,14-15H2,1-6H3/t16-/m0/s1. The van der Waals surface area contributed by atoms with Gasteiger partial charge in [-0.05, 0) is 17.5 Å². The third-order valence-electron chi connectivity index (χ3n) is 5.24. The van der Waals surface area contributed by atoms with Crippen molar-refractivity contribution in [2.75, 3.05) is 46.9 Å². The lowest BCUT2D eigenvalue weighted by molar-refractivity contribution is 0.327. The number of benzene rings is 2. The van der Waals surface area contributed by atoms with Gasteiger partial charge < -0.3 is 24.4 Å². The van der Waals surface area contributed by atoms with Gasteiger partial charge in [-0.3, -0.25) is 0 Å². The number of nitrogens with one attached hydrogen (secondary N) is 1. The molecular formula is C24H31N3O3. The van der Waals surface area contributed by atoms with Crippen LogP contribution in [0.4, 0.5) is 5.82 Å². The first-order chi connectivity index (χ1) is 14.5. The molecule has 0 radical (unpaired) electrons. The van der Waals surface area contributed by atoms with Gasteiger partial charge in [0.25, 0.3) is 0 Å². The number of methoxy groups -OCH3 is 3. The second-order valence-corrected chi connectivity index (χ2v) is 7.52. The number of nitrogens with zero attached hydrogens (tertiary/aromatic N) is 2. The van der Waals surface area contributed by atoms with Crippen LogP contribution in [0.5, 0.6) is 17.2 Å². The van der Waals surface area contributed by atoms with Crippen LogP contribution in [-0.2, 0) is 6.54 Å². The third kappa shape index (κ3) is 4.44. The van der Waals surface area contributed by atoms with Crippen molar-refractivity contribution in [2.24, 2.45) is 0 Å². The molecule has 30 heavy (non-hydrogen) atoms. The van der Waals surface area contributed by atoms with Gasteiger partial charge in [-0.2, -0.15) is 0 Å². The average molecular weight is 410 g/mol. The Hall–Kier alpha value is -2.99. The summed E-state index contributed by atoms with van der Waals surface area (Å²) in [4.78, 5) is 6.92. The van der Waals surface area contributed by atoms with Crippen molar-refractivity contribution in [1.29, 1.82) is 0 Å². The van der Waals surface area contributed by atoms with Crippen LogP contribution >= 0.6 is 0 Å². The van der Waals surface area contributed by atoms with E-state index in [1.54, 1.807) is 21.3 Å². The molecule has 160 valence electrons. The van der Waals surface area contributed by atoms with Gasteiger partial charge >= 0.3 is 0 Å². The fourth-order valence-electron chi connectivity index (χ4n) is 3.66. The highest BCUT2D eigenvalue weighted by atomic mass is 16.5. The first kappa shape index (κ1) is 21.7. The van der Waals surface area contributed by atoms with Crippen molar-refractivity contribution in [1.82, 2.24) is 10.3 Å². The lowest BCUT2D eigenvalue weighted by Crippen LogP contribution is -2.22. The van der Waals surface area contributed by atoms with E-state index in [1.165, 1.54) is 5.56 Å². The van der Waals surface area contributed by atoms with Gasteiger partial charge in [-0.15, -0.1) is 0 Å². The molecule has 0 unspecified atom stereocenters. The highest BCUT2D eigenvalue weighted by molar-refractivity contribution is 5.92. The summed E-state index contributed by atoms with van der Waals surface area (Å²) in [6.07, 6.45) is 0. The summed E-state index contributed by atoms with van der Waals surface area (Å²) in [6, 6.07) is 14.6. The Morgan fingerprint density at radius 2 is 1.67 bits per heavy atom. The van der Waals surface area contributed by atoms with Gasteiger partial charge in [0.2, 0.25) is 5.75 Å². The average Bonchev–Trinajstić information content (AvgIpc) is 2.77. The maximum atomic E-state index is 5.67. The fraction of sp³-hybridized carbons (Fsp3) is 0.375. The maximum absolute atomic E-state index is 5.67. The third-order valence-corrected chi connectivity index (χ3v) is 5.24. The molecule has 0 fully saturated rings. The Labute approximate surface area is 178 Å². The molecule has 0 aliphatic heterocycles. The molecule has 6 heteroatoms. The number of rotatable bonds is 9. The van der Waals surface area contributed by atoms with E-state index in [-0.39, 0.29) is 0 Å². The number of hydrogen-bond acceptors (Lipinski definition) is 6. The molecular weight excluding hydrogens is 378 g/mol. The molecule has 3 aromatic rings. The summed E-state index contributed by atoms with van der Waals surface area (Å²) in [6.45, 7) is 3.80. The molecule has 0 spiro atoms. The molecule has 0 aliphatic rings. The van der Waals surface area contributed by atoms with Gasteiger partial charge in [0.05, 0.1) is 26.8 Å². The number of ether oxygens (including phenoxy) is 3. The maximum Gasteiger partial charge on any atom is 0.204 e. The van der Waals surface area contributed by atoms with E-state index in [0.717, 1.165) is 28.8 Å². The van der Waals surface area contributed by atoms with Crippen molar-refractivity contribution in [3.05, 3.63) is 53.6 Å². The topological polar surface area (TPSA) is 55.9 Å². The molecule has 6 nitrogen and oxygen atoms in total. The Morgan fingerprint density at radius 1 is 0.967 bits per heavy atom. The zero-order valence-corrected chi connectivity index (χ0v) is 18.7. The quantitative estimate of drug-likeness (QED) is 0.571. The van der Waals surface area contributed by atoms with Crippen LogP contribution in [0.15, 0.2) is 42.5 Å². The molecule has 0 aliphatic carbocycles. The van der Waals surface area contributed by atoms with Crippen LogP contribution in [0, 0.1) is 0 Å². The van der Waals surface area contributed by atoms with Crippen LogP contribution in [0.2, 0.25) is 0 Å². The van der Waals surface area contributed by atoms with E-state index in [4.69, 9.17) is 19.2 Å². The normalized spacial score (nSPS) is 11.9. The molecule has 0 amide bonds. The minimum Gasteiger partial charge on any atom is -0.493 e. The second kappa shape index (κ2) is 9.67. The highest BCUT2D eigenvalue weighted by Gasteiger charge is 2.19. The Morgan fingerprint density at radius 3 is 2.27 bits per heavy atom. The summed E-state index contributed by atoms with van der Waals surface area (Å²) >= 11 is 0. The predicted molar refractivity (Wildman–Crippen MR) is 122 cm³/mol. The first-order valence-corrected chi connectivity index (χ1v) is 10.1. The minimum atomic E-state index is 0.418. The predicted octanol–water partition coefficient (Wildman–Crippen LogP) is 4.22. The van der Waals surface area contributed by atoms with Crippen LogP contribution in [0.1, 0.15) is 24.0 Å². The monoisotopic (exact) mass is 409 g/mol. The minimum absolute atomic E-state index is 0.418. The SMILES string of the molecule is COc1cc2nc(N(C)C)c(CNC[C@H](C)c3ccccc3)cc2c(OC)c1OC. The van der Waals surface area contributed by atoms with Gasteiger partial charge in [0, 0.05) is 44.2 Å². The molecule has 3 rings (SSSR count). The molecule has 2 aromatic carbocycles. The van der Waals surface area contributed by atoms with Crippen LogP contribution < -0.4 is 24.4 Å². The summed E-state index contributed by atoms with van der Waals surface area (Å²) in [7, 11) is 8.87. The molecule has 1 N–H and O–H groups in total. The molecule has 1 atom stereocenters. The van der Waals surface area contributed by atoms with Crippen molar-refractivity contribution < 1.29 is 14.2 Å². The molecule has 0 saturated heterocycles. The molecule has 0 bridgehead atoms. The number of pyridine rings is 1. The molecule has 1 heterocycles. The summed E-state index contributed by atoms with van der Waals surface area (Å²) in [5, 5.41) is 4.48. The van der Waals surface area contributed by atoms with E-state index in [9.17, 15) is 0 Å². The summed E-state index contributed by atoms with van der Waals surface area (Å²) in [5.74, 6) is 3.13. The van der Waals surface area contributed by atoms with Gasteiger partial charge in [-0.25, -0.2) is 4.98 Å². The van der Waals surface area contributed by atoms with Crippen LogP contribution in [-0.4, -0.2) is 47.0 Å². The molecule has 1 aromatic heterocycles. The van der Waals surface area contributed by atoms with Crippen LogP contribution in [0.3, 0.4) is 0 Å². The number of anilines is 1. The summed E-state index contributed by atoms with van der Waals surface area (Å²) < 4.78 is 16.7. The van der Waals surface area contributed by atoms with E-state index in [1.807, 2.05) is 31.1 Å². The van der Waals surface area contributed by atoms with Crippen molar-refractivity contribution >= 4 is 16.7 Å². The van der Waals surface area contributed by atoms with Crippen LogP contribution in [0.25, 0.3) is 10.9 Å². The van der Waals surface area contributed by atoms with Crippen molar-refractivity contribution in [3.63, 3.8) is 0 Å². The van der Waals surface area contributed by atoms with Crippen molar-refractivity contribution in [3.8, 4) is 17.2 Å². The fourth-order valence-corrected chi connectivity index (χ4v) is 3.66. The number of fused-ring (bicyclic) bond motifs is 1. The Bertz CT molecular complexity index is 990. The zero-order chi connectivity index (χ0) is 21.7. The van der Waals surface area contributed by atoms with E-state index < -0.39 is 0 Å². The molecule has 0 saturated carbocycles. The van der Waals surface area contributed by atoms with Gasteiger partial charge in [0.15, 0.2) is 11.5 Å². The number of hydrogen-bond donors (Lipinski definition) is 1. The van der Waals surface area contributed by atoms with E-state index in [0.29, 0.717) is 29.7 Å². The lowest BCUT2D eigenvalue weighted by atomic mass is 10.0. The Kier molecular flexibility index (Phi) is 7.00. The van der Waals surface area contributed by atoms with Crippen molar-refractivity contribution in [2.45, 2.75) is 19.4 Å². The number of aromatic nitrogens is 1. The lowest BCUT2D eigenvalue weighted by Gasteiger charge is -2.21. The smallest absolute Gasteiger partial charge is 0.204 e. The highest BCUT2D eigenvalue weighted by Crippen LogP contribution is 2.43.